The van der Waals surface area contributed by atoms with Crippen LogP contribution in [0.15, 0.2) is 22.6 Å². The van der Waals surface area contributed by atoms with Crippen LogP contribution in [-0.2, 0) is 0 Å². The maximum atomic E-state index is 11.9. The fourth-order valence-corrected chi connectivity index (χ4v) is 1.52. The van der Waals surface area contributed by atoms with E-state index in [4.69, 9.17) is 4.42 Å². The summed E-state index contributed by atoms with van der Waals surface area (Å²) in [6.45, 7) is 1.36. The van der Waals surface area contributed by atoms with Crippen molar-refractivity contribution in [2.75, 3.05) is 27.2 Å². The van der Waals surface area contributed by atoms with Crippen LogP contribution < -0.4 is 5.32 Å². The van der Waals surface area contributed by atoms with Gasteiger partial charge >= 0.3 is 0 Å². The average Bonchev–Trinajstić information content (AvgIpc) is 2.74. The maximum Gasteiger partial charge on any atom is 0.231 e. The Morgan fingerprint density at radius 3 is 2.88 bits per heavy atom. The molecular weight excluding hydrogens is 222 g/mol. The summed E-state index contributed by atoms with van der Waals surface area (Å²) in [6.07, 6.45) is 2.36. The molecule has 1 N–H and O–H groups in total. The Kier molecular flexibility index (Phi) is 3.06. The summed E-state index contributed by atoms with van der Waals surface area (Å²) in [5.74, 6) is -0.607. The molecule has 0 amide bonds. The Morgan fingerprint density at radius 2 is 2.18 bits per heavy atom. The number of nitrogens with zero attached hydrogens (tertiary/aromatic N) is 2. The molecule has 1 aliphatic carbocycles. The number of allylic oxidation sites excluding steroid dienone is 2. The first-order valence-corrected chi connectivity index (χ1v) is 5.22. The van der Waals surface area contributed by atoms with Crippen LogP contribution in [-0.4, -0.2) is 48.6 Å². The van der Waals surface area contributed by atoms with Gasteiger partial charge in [-0.2, -0.15) is 0 Å². The summed E-state index contributed by atoms with van der Waals surface area (Å²) < 4.78 is 4.87. The normalized spacial score (nSPS) is 14.9. The Hall–Kier alpha value is -1.95. The summed E-state index contributed by atoms with van der Waals surface area (Å²) in [7, 11) is 3.86. The molecule has 1 aromatic heterocycles. The number of carbonyl (C=O) groups is 2. The molecule has 0 aromatic carbocycles. The number of oxazole rings is 1. The Morgan fingerprint density at radius 1 is 1.41 bits per heavy atom. The molecule has 0 saturated heterocycles. The van der Waals surface area contributed by atoms with Gasteiger partial charge in [-0.25, -0.2) is 4.98 Å². The molecule has 0 spiro atoms. The number of hydrogen-bond acceptors (Lipinski definition) is 6. The number of aromatic nitrogens is 1. The third kappa shape index (κ3) is 2.26. The number of fused-ring (bicyclic) bond motifs is 1. The van der Waals surface area contributed by atoms with Gasteiger partial charge in [0.1, 0.15) is 0 Å². The van der Waals surface area contributed by atoms with Crippen LogP contribution in [0.3, 0.4) is 0 Å². The first kappa shape index (κ1) is 11.5. The SMILES string of the molecule is CN(C)CCNC1=CC(=O)c2ocnc2C1=O. The van der Waals surface area contributed by atoms with Gasteiger partial charge in [-0.05, 0) is 14.1 Å². The van der Waals surface area contributed by atoms with E-state index in [2.05, 4.69) is 10.3 Å². The van der Waals surface area contributed by atoms with Crippen LogP contribution in [0.2, 0.25) is 0 Å². The minimum absolute atomic E-state index is 0.0214. The minimum Gasteiger partial charge on any atom is -0.439 e. The second kappa shape index (κ2) is 4.50. The molecule has 0 unspecified atom stereocenters. The van der Waals surface area contributed by atoms with Gasteiger partial charge in [-0.1, -0.05) is 0 Å². The van der Waals surface area contributed by atoms with Gasteiger partial charge in [0.15, 0.2) is 12.1 Å². The van der Waals surface area contributed by atoms with Crippen LogP contribution in [0.25, 0.3) is 0 Å². The van der Waals surface area contributed by atoms with Crippen LogP contribution in [0, 0.1) is 0 Å². The molecule has 0 bridgehead atoms. The van der Waals surface area contributed by atoms with E-state index in [1.54, 1.807) is 0 Å². The van der Waals surface area contributed by atoms with E-state index in [1.807, 2.05) is 19.0 Å². The van der Waals surface area contributed by atoms with Gasteiger partial charge in [0, 0.05) is 19.2 Å². The Bertz CT molecular complexity index is 488. The molecule has 0 saturated carbocycles. The molecule has 0 atom stereocenters. The van der Waals surface area contributed by atoms with Gasteiger partial charge < -0.3 is 14.6 Å². The second-order valence-electron chi connectivity index (χ2n) is 4.01. The lowest BCUT2D eigenvalue weighted by Gasteiger charge is -2.14. The minimum atomic E-state index is -0.329. The highest BCUT2D eigenvalue weighted by molar-refractivity contribution is 6.22. The highest BCUT2D eigenvalue weighted by Gasteiger charge is 2.29. The molecule has 2 rings (SSSR count). The number of hydrogen-bond donors (Lipinski definition) is 1. The number of rotatable bonds is 4. The molecule has 6 heteroatoms. The maximum absolute atomic E-state index is 11.9. The van der Waals surface area contributed by atoms with Crippen molar-refractivity contribution in [3.8, 4) is 0 Å². The molecule has 0 aliphatic heterocycles. The molecule has 17 heavy (non-hydrogen) atoms. The molecule has 0 radical (unpaired) electrons. The van der Waals surface area contributed by atoms with Crippen molar-refractivity contribution in [3.05, 3.63) is 29.6 Å². The fraction of sp³-hybridized carbons (Fsp3) is 0.364. The van der Waals surface area contributed by atoms with Crippen LogP contribution in [0.5, 0.6) is 0 Å². The zero-order valence-electron chi connectivity index (χ0n) is 9.69. The highest BCUT2D eigenvalue weighted by Crippen LogP contribution is 2.18. The van der Waals surface area contributed by atoms with E-state index in [-0.39, 0.29) is 28.7 Å². The van der Waals surface area contributed by atoms with Crippen LogP contribution >= 0.6 is 0 Å². The van der Waals surface area contributed by atoms with Crippen molar-refractivity contribution >= 4 is 11.6 Å². The first-order valence-electron chi connectivity index (χ1n) is 5.22. The van der Waals surface area contributed by atoms with E-state index in [0.717, 1.165) is 12.9 Å². The van der Waals surface area contributed by atoms with Gasteiger partial charge in [0.25, 0.3) is 0 Å². The van der Waals surface area contributed by atoms with Gasteiger partial charge in [-0.15, -0.1) is 0 Å². The first-order chi connectivity index (χ1) is 8.09. The summed E-state index contributed by atoms with van der Waals surface area (Å²) in [5.41, 5.74) is 0.364. The average molecular weight is 235 g/mol. The lowest BCUT2D eigenvalue weighted by molar-refractivity contribution is 0.0959. The van der Waals surface area contributed by atoms with Crippen molar-refractivity contribution in [2.24, 2.45) is 0 Å². The van der Waals surface area contributed by atoms with Crippen molar-refractivity contribution in [1.82, 2.24) is 15.2 Å². The van der Waals surface area contributed by atoms with Crippen molar-refractivity contribution in [3.63, 3.8) is 0 Å². The number of carbonyl (C=O) groups excluding carboxylic acids is 2. The van der Waals surface area contributed by atoms with Gasteiger partial charge in [0.05, 0.1) is 5.70 Å². The Labute approximate surface area is 98.3 Å². The second-order valence-corrected chi connectivity index (χ2v) is 4.01. The van der Waals surface area contributed by atoms with E-state index >= 15 is 0 Å². The zero-order chi connectivity index (χ0) is 12.4. The van der Waals surface area contributed by atoms with Crippen LogP contribution in [0.4, 0.5) is 0 Å². The molecule has 1 aliphatic rings. The van der Waals surface area contributed by atoms with Crippen molar-refractivity contribution in [2.45, 2.75) is 0 Å². The van der Waals surface area contributed by atoms with Crippen molar-refractivity contribution < 1.29 is 14.0 Å². The Balaban J connectivity index is 2.10. The van der Waals surface area contributed by atoms with E-state index in [9.17, 15) is 9.59 Å². The summed E-state index contributed by atoms with van der Waals surface area (Å²) in [5, 5.41) is 2.93. The number of likely N-dealkylation sites (N-methyl/N-ethyl adjacent to an activating group) is 1. The topological polar surface area (TPSA) is 75.4 Å². The standard InChI is InChI=1S/C11H13N3O3/c1-14(2)4-3-12-7-5-8(15)11-9(10(7)16)13-6-17-11/h5-6,12H,3-4H2,1-2H3. The van der Waals surface area contributed by atoms with Crippen LogP contribution in [0.1, 0.15) is 21.0 Å². The van der Waals surface area contributed by atoms with E-state index < -0.39 is 0 Å². The monoisotopic (exact) mass is 235 g/mol. The molecule has 6 nitrogen and oxygen atoms in total. The summed E-state index contributed by atoms with van der Waals surface area (Å²) >= 11 is 0. The molecular formula is C11H13N3O3. The number of nitrogens with one attached hydrogen (secondary N) is 1. The third-order valence-corrected chi connectivity index (χ3v) is 2.40. The van der Waals surface area contributed by atoms with E-state index in [0.29, 0.717) is 6.54 Å². The summed E-state index contributed by atoms with van der Waals surface area (Å²) in [6, 6.07) is 0. The molecule has 0 fully saturated rings. The predicted octanol–water partition coefficient (Wildman–Crippen LogP) is 0.0887. The smallest absolute Gasteiger partial charge is 0.231 e. The lowest BCUT2D eigenvalue weighted by Crippen LogP contribution is -2.31. The van der Waals surface area contributed by atoms with Gasteiger partial charge in [-0.3, -0.25) is 9.59 Å². The zero-order valence-corrected chi connectivity index (χ0v) is 9.69. The fourth-order valence-electron chi connectivity index (χ4n) is 1.52. The predicted molar refractivity (Wildman–Crippen MR) is 59.8 cm³/mol. The number of ketones is 2. The summed E-state index contributed by atoms with van der Waals surface area (Å²) in [4.78, 5) is 29.2. The van der Waals surface area contributed by atoms with Crippen molar-refractivity contribution in [1.29, 1.82) is 0 Å². The molecule has 1 heterocycles. The number of Topliss-reactive ketones (excluding diaryl/α,β-unsaturated/α-hetero) is 1. The van der Waals surface area contributed by atoms with E-state index in [1.165, 1.54) is 6.08 Å². The lowest BCUT2D eigenvalue weighted by atomic mass is 10.0. The largest absolute Gasteiger partial charge is 0.439 e. The van der Waals surface area contributed by atoms with Gasteiger partial charge in [0.2, 0.25) is 17.3 Å². The quantitative estimate of drug-likeness (QED) is 0.797. The highest BCUT2D eigenvalue weighted by atomic mass is 16.3. The molecule has 90 valence electrons. The third-order valence-electron chi connectivity index (χ3n) is 2.40. The molecule has 1 aromatic rings.